The fourth-order valence-electron chi connectivity index (χ4n) is 6.41. The summed E-state index contributed by atoms with van der Waals surface area (Å²) in [6.45, 7) is 12.6. The molecule has 1 saturated heterocycles. The number of hydrogen-bond donors (Lipinski definition) is 1. The summed E-state index contributed by atoms with van der Waals surface area (Å²) in [6, 6.07) is 17.1. The van der Waals surface area contributed by atoms with Gasteiger partial charge in [-0.25, -0.2) is 0 Å². The third-order valence-electron chi connectivity index (χ3n) is 7.96. The lowest BCUT2D eigenvalue weighted by atomic mass is 9.56. The van der Waals surface area contributed by atoms with Gasteiger partial charge >= 0.3 is 5.97 Å². The number of carbonyl (C=O) groups is 2. The fourth-order valence-corrected chi connectivity index (χ4v) is 6.41. The van der Waals surface area contributed by atoms with Gasteiger partial charge in [0.15, 0.2) is 0 Å². The second kappa shape index (κ2) is 11.6. The van der Waals surface area contributed by atoms with E-state index < -0.39 is 6.10 Å². The number of nitrogens with zero attached hydrogens (tertiary/aromatic N) is 2. The van der Waals surface area contributed by atoms with Crippen LogP contribution in [0.4, 0.5) is 0 Å². The van der Waals surface area contributed by atoms with Crippen LogP contribution in [-0.4, -0.2) is 65.1 Å². The molecule has 1 heterocycles. The molecule has 37 heavy (non-hydrogen) atoms. The van der Waals surface area contributed by atoms with E-state index in [4.69, 9.17) is 4.74 Å². The molecule has 0 radical (unpaired) electrons. The number of aliphatic hydroxyl groups is 1. The Morgan fingerprint density at radius 2 is 1.97 bits per heavy atom. The molecular weight excluding hydrogens is 464 g/mol. The van der Waals surface area contributed by atoms with E-state index in [9.17, 15) is 14.7 Å². The molecule has 2 aromatic carbocycles. The Kier molecular flexibility index (Phi) is 8.50. The van der Waals surface area contributed by atoms with Crippen molar-refractivity contribution >= 4 is 11.9 Å². The third-order valence-corrected chi connectivity index (χ3v) is 7.96. The van der Waals surface area contributed by atoms with Gasteiger partial charge in [0.2, 0.25) is 0 Å². The van der Waals surface area contributed by atoms with E-state index in [1.807, 2.05) is 53.4 Å². The van der Waals surface area contributed by atoms with E-state index in [0.29, 0.717) is 30.2 Å². The Morgan fingerprint density at radius 3 is 2.65 bits per heavy atom. The first-order valence-electron chi connectivity index (χ1n) is 13.4. The summed E-state index contributed by atoms with van der Waals surface area (Å²) in [6.07, 6.45) is 3.49. The highest BCUT2D eigenvalue weighted by atomic mass is 16.5. The number of piperidine rings is 1. The van der Waals surface area contributed by atoms with E-state index in [1.54, 1.807) is 6.07 Å². The molecule has 1 amide bonds. The maximum absolute atomic E-state index is 13.8. The number of ether oxygens (including phenoxy) is 1. The zero-order valence-corrected chi connectivity index (χ0v) is 22.3. The number of likely N-dealkylation sites (tertiary alicyclic amines) is 1. The van der Waals surface area contributed by atoms with Crippen LogP contribution in [0, 0.1) is 11.8 Å². The van der Waals surface area contributed by atoms with Crippen molar-refractivity contribution < 1.29 is 19.4 Å². The minimum absolute atomic E-state index is 0.00208. The number of benzene rings is 2. The van der Waals surface area contributed by atoms with Crippen molar-refractivity contribution in [1.82, 2.24) is 9.80 Å². The summed E-state index contributed by atoms with van der Waals surface area (Å²) in [7, 11) is 0. The number of carbonyl (C=O) groups excluding carboxylic acids is 2. The average molecular weight is 505 g/mol. The number of hydrogen-bond acceptors (Lipinski definition) is 5. The molecule has 2 aromatic rings. The molecule has 4 rings (SSSR count). The molecule has 6 nitrogen and oxygen atoms in total. The van der Waals surface area contributed by atoms with E-state index >= 15 is 0 Å². The second-order valence-corrected chi connectivity index (χ2v) is 11.1. The van der Waals surface area contributed by atoms with Crippen LogP contribution in [0.15, 0.2) is 67.3 Å². The highest BCUT2D eigenvalue weighted by molar-refractivity contribution is 5.94. The molecule has 1 aliphatic heterocycles. The third kappa shape index (κ3) is 5.97. The largest absolute Gasteiger partial charge is 0.427 e. The maximum Gasteiger partial charge on any atom is 0.308 e. The minimum atomic E-state index is -0.568. The molecule has 2 aliphatic rings. The Morgan fingerprint density at radius 1 is 1.22 bits per heavy atom. The van der Waals surface area contributed by atoms with Crippen LogP contribution in [-0.2, 0) is 10.2 Å². The Labute approximate surface area is 220 Å². The van der Waals surface area contributed by atoms with Gasteiger partial charge in [-0.15, -0.1) is 6.58 Å². The van der Waals surface area contributed by atoms with E-state index in [1.165, 1.54) is 6.92 Å². The molecule has 0 bridgehead atoms. The summed E-state index contributed by atoms with van der Waals surface area (Å²) >= 11 is 0. The van der Waals surface area contributed by atoms with E-state index in [-0.39, 0.29) is 29.3 Å². The van der Waals surface area contributed by atoms with Crippen molar-refractivity contribution in [3.63, 3.8) is 0 Å². The second-order valence-electron chi connectivity index (χ2n) is 11.1. The van der Waals surface area contributed by atoms with Gasteiger partial charge in [0.05, 0.1) is 6.10 Å². The van der Waals surface area contributed by atoms with Crippen LogP contribution in [0.25, 0.3) is 0 Å². The summed E-state index contributed by atoms with van der Waals surface area (Å²) in [5.41, 5.74) is 1.39. The lowest BCUT2D eigenvalue weighted by Gasteiger charge is -2.56. The minimum Gasteiger partial charge on any atom is -0.427 e. The molecule has 1 aliphatic carbocycles. The standard InChI is InChI=1S/C31H40N2O4/c1-5-15-32-16-14-31(25-12-9-13-27(17-25)37-23(4)34)19-26(18-29(35)28(31)21-32)33(20-22(2)3)30(36)24-10-7-6-8-11-24/h5-13,17,22,26,28-29,35H,1,14-16,18-21H2,2-4H3/t26-,28?,29?,31?/m1/s1. The smallest absolute Gasteiger partial charge is 0.308 e. The molecule has 0 spiro atoms. The molecule has 198 valence electrons. The first kappa shape index (κ1) is 27.1. The lowest BCUT2D eigenvalue weighted by Crippen LogP contribution is -2.61. The zero-order valence-electron chi connectivity index (χ0n) is 22.3. The summed E-state index contributed by atoms with van der Waals surface area (Å²) < 4.78 is 5.44. The monoisotopic (exact) mass is 504 g/mol. The average Bonchev–Trinajstić information content (AvgIpc) is 2.87. The number of esters is 1. The molecule has 2 fully saturated rings. The summed E-state index contributed by atoms with van der Waals surface area (Å²) in [5.74, 6) is 0.462. The molecule has 1 N–H and O–H groups in total. The predicted octanol–water partition coefficient (Wildman–Crippen LogP) is 4.68. The lowest BCUT2D eigenvalue weighted by molar-refractivity contribution is -0.131. The highest BCUT2D eigenvalue weighted by Gasteiger charge is 2.53. The first-order valence-corrected chi connectivity index (χ1v) is 13.4. The Bertz CT molecular complexity index is 1100. The maximum atomic E-state index is 13.8. The van der Waals surface area contributed by atoms with E-state index in [0.717, 1.165) is 38.0 Å². The molecule has 1 saturated carbocycles. The fraction of sp³-hybridized carbons (Fsp3) is 0.484. The summed E-state index contributed by atoms with van der Waals surface area (Å²) in [4.78, 5) is 29.8. The quantitative estimate of drug-likeness (QED) is 0.321. The number of fused-ring (bicyclic) bond motifs is 1. The topological polar surface area (TPSA) is 70.1 Å². The van der Waals surface area contributed by atoms with Gasteiger partial charge in [0.1, 0.15) is 5.75 Å². The SMILES string of the molecule is C=CCN1CCC2(c3cccc(OC(C)=O)c3)C[C@H](N(CC(C)C)C(=O)c3ccccc3)CC(O)C2C1. The van der Waals surface area contributed by atoms with Crippen LogP contribution in [0.2, 0.25) is 0 Å². The van der Waals surface area contributed by atoms with Crippen LogP contribution < -0.4 is 4.74 Å². The van der Waals surface area contributed by atoms with Gasteiger partial charge in [0.25, 0.3) is 5.91 Å². The highest BCUT2D eigenvalue weighted by Crippen LogP contribution is 2.51. The van der Waals surface area contributed by atoms with Crippen molar-refractivity contribution in [2.24, 2.45) is 11.8 Å². The normalized spacial score (nSPS) is 25.8. The molecule has 6 heteroatoms. The van der Waals surface area contributed by atoms with Gasteiger partial charge in [-0.2, -0.15) is 0 Å². The summed E-state index contributed by atoms with van der Waals surface area (Å²) in [5, 5.41) is 11.7. The zero-order chi connectivity index (χ0) is 26.6. The van der Waals surface area contributed by atoms with E-state index in [2.05, 4.69) is 31.4 Å². The first-order chi connectivity index (χ1) is 17.7. The van der Waals surface area contributed by atoms with Gasteiger partial charge in [0, 0.05) is 49.5 Å². The molecule has 3 unspecified atom stereocenters. The Balaban J connectivity index is 1.74. The molecular formula is C31H40N2O4. The van der Waals surface area contributed by atoms with Crippen molar-refractivity contribution in [2.45, 2.75) is 57.6 Å². The van der Waals surface area contributed by atoms with Gasteiger partial charge < -0.3 is 14.7 Å². The van der Waals surface area contributed by atoms with Crippen LogP contribution >= 0.6 is 0 Å². The Hall–Kier alpha value is -2.96. The number of amides is 1. The van der Waals surface area contributed by atoms with Gasteiger partial charge in [-0.05, 0) is 61.6 Å². The van der Waals surface area contributed by atoms with Crippen LogP contribution in [0.1, 0.15) is 56.0 Å². The molecule has 0 aromatic heterocycles. The van der Waals surface area contributed by atoms with Gasteiger partial charge in [-0.1, -0.05) is 50.3 Å². The predicted molar refractivity (Wildman–Crippen MR) is 146 cm³/mol. The van der Waals surface area contributed by atoms with Crippen molar-refractivity contribution in [3.8, 4) is 5.75 Å². The number of rotatable bonds is 8. The van der Waals surface area contributed by atoms with Crippen molar-refractivity contribution in [1.29, 1.82) is 0 Å². The van der Waals surface area contributed by atoms with Crippen LogP contribution in [0.3, 0.4) is 0 Å². The molecule has 4 atom stereocenters. The van der Waals surface area contributed by atoms with Gasteiger partial charge in [-0.3, -0.25) is 14.5 Å². The van der Waals surface area contributed by atoms with Crippen molar-refractivity contribution in [3.05, 3.63) is 78.4 Å². The number of aliphatic hydroxyl groups excluding tert-OH is 1. The van der Waals surface area contributed by atoms with Crippen LogP contribution in [0.5, 0.6) is 5.75 Å². The van der Waals surface area contributed by atoms with Crippen molar-refractivity contribution in [2.75, 3.05) is 26.2 Å².